The number of hydrogen-bond donors (Lipinski definition) is 1. The van der Waals surface area contributed by atoms with E-state index in [4.69, 9.17) is 5.73 Å². The van der Waals surface area contributed by atoms with Crippen LogP contribution < -0.4 is 5.73 Å². The van der Waals surface area contributed by atoms with E-state index < -0.39 is 0 Å². The minimum absolute atomic E-state index is 0.137. The number of allylic oxidation sites excluding steroid dienone is 1. The van der Waals surface area contributed by atoms with Crippen molar-refractivity contribution < 1.29 is 0 Å². The summed E-state index contributed by atoms with van der Waals surface area (Å²) in [6.07, 6.45) is 0. The highest BCUT2D eigenvalue weighted by Gasteiger charge is 2.26. The van der Waals surface area contributed by atoms with E-state index in [1.165, 1.54) is 0 Å². The second-order valence-electron chi connectivity index (χ2n) is 4.22. The fourth-order valence-corrected chi connectivity index (χ4v) is 1.61. The Morgan fingerprint density at radius 1 is 1.27 bits per heavy atom. The van der Waals surface area contributed by atoms with Gasteiger partial charge >= 0.3 is 0 Å². The predicted molar refractivity (Wildman–Crippen MR) is 51.1 cm³/mol. The summed E-state index contributed by atoms with van der Waals surface area (Å²) < 4.78 is 0. The highest BCUT2D eigenvalue weighted by Crippen LogP contribution is 2.33. The molecule has 1 unspecified atom stereocenters. The Labute approximate surface area is 70.0 Å². The molecule has 0 spiro atoms. The molecule has 0 aromatic carbocycles. The van der Waals surface area contributed by atoms with E-state index in [1.807, 2.05) is 6.92 Å². The van der Waals surface area contributed by atoms with Crippen LogP contribution in [0, 0.1) is 11.3 Å². The lowest BCUT2D eigenvalue weighted by molar-refractivity contribution is 0.316. The van der Waals surface area contributed by atoms with Gasteiger partial charge in [-0.2, -0.15) is 0 Å². The Bertz CT molecular complexity index is 158. The van der Waals surface area contributed by atoms with Gasteiger partial charge in [0.2, 0.25) is 0 Å². The maximum Gasteiger partial charge on any atom is 0.0231 e. The van der Waals surface area contributed by atoms with Crippen molar-refractivity contribution in [1.29, 1.82) is 0 Å². The van der Waals surface area contributed by atoms with Gasteiger partial charge in [0, 0.05) is 11.6 Å². The van der Waals surface area contributed by atoms with Gasteiger partial charge in [-0.1, -0.05) is 39.5 Å². The summed E-state index contributed by atoms with van der Waals surface area (Å²) in [7, 11) is 0. The summed E-state index contributed by atoms with van der Waals surface area (Å²) in [4.78, 5) is 0. The second kappa shape index (κ2) is 3.12. The van der Waals surface area contributed by atoms with Crippen molar-refractivity contribution in [3.8, 4) is 0 Å². The summed E-state index contributed by atoms with van der Waals surface area (Å²) >= 11 is 0. The fraction of sp³-hybridized carbons (Fsp3) is 0.600. The molecule has 0 rings (SSSR count). The monoisotopic (exact) mass is 153 g/mol. The molecule has 0 saturated carbocycles. The Balaban J connectivity index is 4.63. The molecule has 1 heteroatoms. The third kappa shape index (κ3) is 2.79. The summed E-state index contributed by atoms with van der Waals surface area (Å²) in [6.45, 7) is 16.1. The van der Waals surface area contributed by atoms with E-state index in [1.54, 1.807) is 0 Å². The van der Waals surface area contributed by atoms with Crippen LogP contribution in [0.4, 0.5) is 0 Å². The predicted octanol–water partition coefficient (Wildman–Crippen LogP) is 2.70. The minimum Gasteiger partial charge on any atom is -0.402 e. The first kappa shape index (κ1) is 10.3. The molecule has 0 aliphatic rings. The molecule has 0 fully saturated rings. The fourth-order valence-electron chi connectivity index (χ4n) is 1.61. The molecule has 0 bridgehead atoms. The third-order valence-electron chi connectivity index (χ3n) is 1.73. The standard InChI is InChI=1S/C10H19N/c1-7(2)9(8(3)11)10(4,5)6/h9H,1,3,11H2,2,4-6H3. The van der Waals surface area contributed by atoms with Crippen LogP contribution in [-0.2, 0) is 0 Å². The van der Waals surface area contributed by atoms with Gasteiger partial charge in [-0.25, -0.2) is 0 Å². The van der Waals surface area contributed by atoms with Crippen molar-refractivity contribution in [3.63, 3.8) is 0 Å². The minimum atomic E-state index is 0.137. The van der Waals surface area contributed by atoms with Crippen molar-refractivity contribution in [2.24, 2.45) is 17.1 Å². The van der Waals surface area contributed by atoms with Crippen LogP contribution in [0.15, 0.2) is 24.4 Å². The van der Waals surface area contributed by atoms with Gasteiger partial charge in [-0.05, 0) is 12.3 Å². The lowest BCUT2D eigenvalue weighted by atomic mass is 9.75. The van der Waals surface area contributed by atoms with Crippen LogP contribution >= 0.6 is 0 Å². The molecule has 1 atom stereocenters. The maximum atomic E-state index is 5.67. The van der Waals surface area contributed by atoms with Crippen LogP contribution in [0.2, 0.25) is 0 Å². The van der Waals surface area contributed by atoms with Gasteiger partial charge in [0.05, 0.1) is 0 Å². The molecular formula is C10H19N. The number of hydrogen-bond acceptors (Lipinski definition) is 1. The van der Waals surface area contributed by atoms with Crippen molar-refractivity contribution in [2.75, 3.05) is 0 Å². The van der Waals surface area contributed by atoms with Crippen molar-refractivity contribution in [1.82, 2.24) is 0 Å². The molecule has 64 valence electrons. The van der Waals surface area contributed by atoms with Gasteiger partial charge in [0.25, 0.3) is 0 Å². The Morgan fingerprint density at radius 3 is 1.64 bits per heavy atom. The number of nitrogens with two attached hydrogens (primary N) is 1. The molecule has 0 saturated heterocycles. The quantitative estimate of drug-likeness (QED) is 0.606. The van der Waals surface area contributed by atoms with Crippen molar-refractivity contribution in [2.45, 2.75) is 27.7 Å². The SMILES string of the molecule is C=C(C)C(C(=C)N)C(C)(C)C. The molecule has 0 aromatic heterocycles. The maximum absolute atomic E-state index is 5.67. The molecule has 2 N–H and O–H groups in total. The van der Waals surface area contributed by atoms with E-state index in [0.717, 1.165) is 5.57 Å². The summed E-state index contributed by atoms with van der Waals surface area (Å²) in [5.41, 5.74) is 7.61. The first-order valence-electron chi connectivity index (χ1n) is 3.86. The smallest absolute Gasteiger partial charge is 0.0231 e. The van der Waals surface area contributed by atoms with E-state index >= 15 is 0 Å². The first-order chi connectivity index (χ1) is 4.76. The van der Waals surface area contributed by atoms with Gasteiger partial charge in [-0.3, -0.25) is 0 Å². The molecule has 0 aliphatic carbocycles. The first-order valence-corrected chi connectivity index (χ1v) is 3.86. The van der Waals surface area contributed by atoms with E-state index in [2.05, 4.69) is 33.9 Å². The van der Waals surface area contributed by atoms with E-state index in [0.29, 0.717) is 5.70 Å². The summed E-state index contributed by atoms with van der Waals surface area (Å²) in [5.74, 6) is 0.225. The zero-order chi connectivity index (χ0) is 9.23. The summed E-state index contributed by atoms with van der Waals surface area (Å²) in [6, 6.07) is 0. The van der Waals surface area contributed by atoms with E-state index in [-0.39, 0.29) is 11.3 Å². The Morgan fingerprint density at radius 2 is 1.64 bits per heavy atom. The van der Waals surface area contributed by atoms with Gasteiger partial charge in [-0.15, -0.1) is 0 Å². The molecule has 1 nitrogen and oxygen atoms in total. The normalized spacial score (nSPS) is 14.2. The second-order valence-corrected chi connectivity index (χ2v) is 4.22. The molecular weight excluding hydrogens is 134 g/mol. The zero-order valence-electron chi connectivity index (χ0n) is 8.07. The highest BCUT2D eigenvalue weighted by molar-refractivity contribution is 5.15. The lowest BCUT2D eigenvalue weighted by Gasteiger charge is -2.31. The molecule has 0 radical (unpaired) electrons. The Hall–Kier alpha value is -0.720. The zero-order valence-corrected chi connectivity index (χ0v) is 8.07. The van der Waals surface area contributed by atoms with Crippen molar-refractivity contribution >= 4 is 0 Å². The summed E-state index contributed by atoms with van der Waals surface area (Å²) in [5, 5.41) is 0. The largest absolute Gasteiger partial charge is 0.402 e. The Kier molecular flexibility index (Phi) is 2.92. The highest BCUT2D eigenvalue weighted by atomic mass is 14.6. The van der Waals surface area contributed by atoms with Gasteiger partial charge in [0.1, 0.15) is 0 Å². The topological polar surface area (TPSA) is 26.0 Å². The average molecular weight is 153 g/mol. The van der Waals surface area contributed by atoms with Crippen LogP contribution in [0.5, 0.6) is 0 Å². The molecule has 0 aliphatic heterocycles. The molecule has 0 aromatic rings. The van der Waals surface area contributed by atoms with Crippen LogP contribution in [-0.4, -0.2) is 0 Å². The lowest BCUT2D eigenvalue weighted by Crippen LogP contribution is -2.26. The van der Waals surface area contributed by atoms with Crippen LogP contribution in [0.3, 0.4) is 0 Å². The van der Waals surface area contributed by atoms with Crippen molar-refractivity contribution in [3.05, 3.63) is 24.4 Å². The van der Waals surface area contributed by atoms with Gasteiger partial charge in [0.15, 0.2) is 0 Å². The molecule has 0 heterocycles. The van der Waals surface area contributed by atoms with Gasteiger partial charge < -0.3 is 5.73 Å². The molecule has 11 heavy (non-hydrogen) atoms. The molecule has 0 amide bonds. The van der Waals surface area contributed by atoms with Crippen LogP contribution in [0.1, 0.15) is 27.7 Å². The average Bonchev–Trinajstić information content (AvgIpc) is 1.54. The van der Waals surface area contributed by atoms with E-state index in [9.17, 15) is 0 Å². The third-order valence-corrected chi connectivity index (χ3v) is 1.73. The number of rotatable bonds is 2. The van der Waals surface area contributed by atoms with Crippen LogP contribution in [0.25, 0.3) is 0 Å².